The van der Waals surface area contributed by atoms with E-state index in [9.17, 15) is 9.18 Å². The SMILES string of the molecule is O=C(c1nnn2c1CO[C@@H](c1ccc(F)cc1)C2)N1CCN(c2cccc(Cl)c2)CC1. The van der Waals surface area contributed by atoms with E-state index in [0.29, 0.717) is 36.0 Å². The lowest BCUT2D eigenvalue weighted by Crippen LogP contribution is -2.49. The van der Waals surface area contributed by atoms with Crippen LogP contribution in [0, 0.1) is 5.82 Å². The average molecular weight is 442 g/mol. The Hall–Kier alpha value is -2.97. The summed E-state index contributed by atoms with van der Waals surface area (Å²) in [6, 6.07) is 14.0. The second-order valence-electron chi connectivity index (χ2n) is 7.68. The van der Waals surface area contributed by atoms with Crippen LogP contribution in [0.4, 0.5) is 10.1 Å². The highest BCUT2D eigenvalue weighted by atomic mass is 35.5. The van der Waals surface area contributed by atoms with Crippen molar-refractivity contribution in [2.45, 2.75) is 19.3 Å². The molecule has 1 atom stereocenters. The highest BCUT2D eigenvalue weighted by molar-refractivity contribution is 6.30. The van der Waals surface area contributed by atoms with Crippen LogP contribution in [0.3, 0.4) is 0 Å². The number of piperazine rings is 1. The van der Waals surface area contributed by atoms with Gasteiger partial charge in [-0.1, -0.05) is 35.0 Å². The molecule has 1 fully saturated rings. The van der Waals surface area contributed by atoms with Gasteiger partial charge in [0, 0.05) is 36.9 Å². The Labute approximate surface area is 184 Å². The normalized spacial score (nSPS) is 18.7. The second kappa shape index (κ2) is 8.28. The maximum absolute atomic E-state index is 13.2. The van der Waals surface area contributed by atoms with Crippen molar-refractivity contribution in [3.63, 3.8) is 0 Å². The first-order valence-corrected chi connectivity index (χ1v) is 10.6. The zero-order valence-electron chi connectivity index (χ0n) is 16.7. The minimum Gasteiger partial charge on any atom is -0.368 e. The Morgan fingerprint density at radius 2 is 1.87 bits per heavy atom. The van der Waals surface area contributed by atoms with Gasteiger partial charge in [-0.2, -0.15) is 0 Å². The third-order valence-electron chi connectivity index (χ3n) is 5.78. The van der Waals surface area contributed by atoms with E-state index in [-0.39, 0.29) is 24.4 Å². The van der Waals surface area contributed by atoms with Crippen molar-refractivity contribution < 1.29 is 13.9 Å². The lowest BCUT2D eigenvalue weighted by molar-refractivity contribution is -0.00199. The summed E-state index contributed by atoms with van der Waals surface area (Å²) in [6.07, 6.45) is -0.251. The molecule has 0 saturated carbocycles. The molecular weight excluding hydrogens is 421 g/mol. The van der Waals surface area contributed by atoms with E-state index in [1.165, 1.54) is 12.1 Å². The van der Waals surface area contributed by atoms with Gasteiger partial charge in [0.25, 0.3) is 5.91 Å². The number of halogens is 2. The first-order chi connectivity index (χ1) is 15.1. The zero-order valence-corrected chi connectivity index (χ0v) is 17.5. The molecule has 0 N–H and O–H groups in total. The van der Waals surface area contributed by atoms with Gasteiger partial charge in [0.15, 0.2) is 5.69 Å². The van der Waals surface area contributed by atoms with Crippen molar-refractivity contribution in [3.05, 3.63) is 76.3 Å². The number of ether oxygens (including phenoxy) is 1. The summed E-state index contributed by atoms with van der Waals surface area (Å²) >= 11 is 6.10. The van der Waals surface area contributed by atoms with Crippen LogP contribution in [-0.2, 0) is 17.9 Å². The molecule has 0 spiro atoms. The Kier molecular flexibility index (Phi) is 5.33. The van der Waals surface area contributed by atoms with E-state index in [1.807, 2.05) is 24.3 Å². The molecule has 1 aromatic heterocycles. The van der Waals surface area contributed by atoms with E-state index in [1.54, 1.807) is 21.7 Å². The van der Waals surface area contributed by atoms with Crippen LogP contribution >= 0.6 is 11.6 Å². The topological polar surface area (TPSA) is 63.5 Å². The molecule has 7 nitrogen and oxygen atoms in total. The number of carbonyl (C=O) groups is 1. The molecule has 3 aromatic rings. The Bertz CT molecular complexity index is 1100. The molecule has 0 unspecified atom stereocenters. The van der Waals surface area contributed by atoms with E-state index in [4.69, 9.17) is 16.3 Å². The van der Waals surface area contributed by atoms with Gasteiger partial charge in [0.05, 0.1) is 18.8 Å². The van der Waals surface area contributed by atoms with Gasteiger partial charge in [-0.05, 0) is 35.9 Å². The summed E-state index contributed by atoms with van der Waals surface area (Å²) in [5.74, 6) is -0.417. The van der Waals surface area contributed by atoms with Crippen molar-refractivity contribution in [1.82, 2.24) is 19.9 Å². The van der Waals surface area contributed by atoms with Crippen molar-refractivity contribution >= 4 is 23.2 Å². The molecule has 0 radical (unpaired) electrons. The molecule has 5 rings (SSSR count). The summed E-state index contributed by atoms with van der Waals surface area (Å²) in [6.45, 7) is 3.30. The fraction of sp³-hybridized carbons (Fsp3) is 0.318. The lowest BCUT2D eigenvalue weighted by atomic mass is 10.1. The average Bonchev–Trinajstić information content (AvgIpc) is 3.22. The number of carbonyl (C=O) groups excluding carboxylic acids is 1. The number of aromatic nitrogens is 3. The summed E-state index contributed by atoms with van der Waals surface area (Å²) in [7, 11) is 0. The minimum absolute atomic E-state index is 0.129. The predicted octanol–water partition coefficient (Wildman–Crippen LogP) is 3.30. The van der Waals surface area contributed by atoms with Crippen LogP contribution in [0.1, 0.15) is 27.8 Å². The largest absolute Gasteiger partial charge is 0.368 e. The van der Waals surface area contributed by atoms with E-state index in [2.05, 4.69) is 15.2 Å². The van der Waals surface area contributed by atoms with Gasteiger partial charge in [-0.15, -0.1) is 5.10 Å². The molecule has 0 aliphatic carbocycles. The second-order valence-corrected chi connectivity index (χ2v) is 8.11. The van der Waals surface area contributed by atoms with Gasteiger partial charge < -0.3 is 14.5 Å². The van der Waals surface area contributed by atoms with Crippen molar-refractivity contribution in [1.29, 1.82) is 0 Å². The Balaban J connectivity index is 1.25. The molecule has 1 amide bonds. The molecular formula is C22H21ClFN5O2. The summed E-state index contributed by atoms with van der Waals surface area (Å²) < 4.78 is 20.8. The molecule has 31 heavy (non-hydrogen) atoms. The van der Waals surface area contributed by atoms with Gasteiger partial charge in [-0.25, -0.2) is 9.07 Å². The number of hydrogen-bond donors (Lipinski definition) is 0. The van der Waals surface area contributed by atoms with E-state index >= 15 is 0 Å². The number of hydrogen-bond acceptors (Lipinski definition) is 5. The van der Waals surface area contributed by atoms with Gasteiger partial charge in [0.1, 0.15) is 11.9 Å². The summed E-state index contributed by atoms with van der Waals surface area (Å²) in [4.78, 5) is 17.1. The quantitative estimate of drug-likeness (QED) is 0.624. The zero-order chi connectivity index (χ0) is 21.4. The Morgan fingerprint density at radius 3 is 2.61 bits per heavy atom. The van der Waals surface area contributed by atoms with Gasteiger partial charge in [-0.3, -0.25) is 4.79 Å². The highest BCUT2D eigenvalue weighted by Gasteiger charge is 2.31. The number of rotatable bonds is 3. The van der Waals surface area contributed by atoms with E-state index < -0.39 is 0 Å². The van der Waals surface area contributed by atoms with Gasteiger partial charge >= 0.3 is 0 Å². The van der Waals surface area contributed by atoms with Crippen molar-refractivity contribution in [2.75, 3.05) is 31.1 Å². The molecule has 2 aliphatic heterocycles. The Morgan fingerprint density at radius 1 is 1.10 bits per heavy atom. The molecule has 3 heterocycles. The number of nitrogens with zero attached hydrogens (tertiary/aromatic N) is 5. The number of anilines is 1. The minimum atomic E-state index is -0.288. The molecule has 160 valence electrons. The molecule has 2 aliphatic rings. The predicted molar refractivity (Wildman–Crippen MR) is 114 cm³/mol. The van der Waals surface area contributed by atoms with Crippen LogP contribution < -0.4 is 4.90 Å². The number of fused-ring (bicyclic) bond motifs is 1. The third kappa shape index (κ3) is 4.00. The molecule has 1 saturated heterocycles. The third-order valence-corrected chi connectivity index (χ3v) is 6.02. The molecule has 2 aromatic carbocycles. The monoisotopic (exact) mass is 441 g/mol. The van der Waals surface area contributed by atoms with E-state index in [0.717, 1.165) is 24.3 Å². The first kappa shape index (κ1) is 20.0. The van der Waals surface area contributed by atoms with Crippen LogP contribution in [-0.4, -0.2) is 52.0 Å². The standard InChI is InChI=1S/C22H21ClFN5O2/c23-16-2-1-3-18(12-16)27-8-10-28(11-9-27)22(30)21-19-14-31-20(13-29(19)26-25-21)15-4-6-17(24)7-5-15/h1-7,12,20H,8-11,13-14H2/t20-/m1/s1. The van der Waals surface area contributed by atoms with Crippen molar-refractivity contribution in [3.8, 4) is 0 Å². The summed E-state index contributed by atoms with van der Waals surface area (Å²) in [5.41, 5.74) is 2.95. The highest BCUT2D eigenvalue weighted by Crippen LogP contribution is 2.28. The molecule has 9 heteroatoms. The van der Waals surface area contributed by atoms with Gasteiger partial charge in [0.2, 0.25) is 0 Å². The van der Waals surface area contributed by atoms with Crippen LogP contribution in [0.25, 0.3) is 0 Å². The van der Waals surface area contributed by atoms with Crippen LogP contribution in [0.5, 0.6) is 0 Å². The fourth-order valence-electron chi connectivity index (χ4n) is 4.05. The number of amides is 1. The maximum Gasteiger partial charge on any atom is 0.276 e. The number of benzene rings is 2. The van der Waals surface area contributed by atoms with Crippen LogP contribution in [0.2, 0.25) is 5.02 Å². The first-order valence-electron chi connectivity index (χ1n) is 10.2. The van der Waals surface area contributed by atoms with Crippen LogP contribution in [0.15, 0.2) is 48.5 Å². The van der Waals surface area contributed by atoms with Crippen molar-refractivity contribution in [2.24, 2.45) is 0 Å². The smallest absolute Gasteiger partial charge is 0.276 e. The fourth-order valence-corrected chi connectivity index (χ4v) is 4.23. The lowest BCUT2D eigenvalue weighted by Gasteiger charge is -2.36. The molecule has 0 bridgehead atoms. The summed E-state index contributed by atoms with van der Waals surface area (Å²) in [5, 5.41) is 9.03. The maximum atomic E-state index is 13.2.